The van der Waals surface area contributed by atoms with Crippen molar-refractivity contribution in [3.05, 3.63) is 69.2 Å². The van der Waals surface area contributed by atoms with Crippen molar-refractivity contribution in [2.45, 2.75) is 11.2 Å². The molecule has 0 aromatic heterocycles. The second-order valence-electron chi connectivity index (χ2n) is 4.04. The summed E-state index contributed by atoms with van der Waals surface area (Å²) < 4.78 is 27.2. The molecule has 0 saturated heterocycles. The van der Waals surface area contributed by atoms with Crippen LogP contribution in [0.2, 0.25) is 10.0 Å². The van der Waals surface area contributed by atoms with Gasteiger partial charge in [-0.2, -0.15) is 0 Å². The highest BCUT2D eigenvalue weighted by Gasteiger charge is 2.17. The molecule has 0 fully saturated rings. The van der Waals surface area contributed by atoms with Gasteiger partial charge in [-0.15, -0.1) is 0 Å². The Morgan fingerprint density at radius 2 is 1.68 bits per heavy atom. The molecule has 1 atom stereocenters. The van der Waals surface area contributed by atoms with Crippen molar-refractivity contribution in [2.24, 2.45) is 0 Å². The first-order valence-corrected chi connectivity index (χ1v) is 7.18. The molecule has 2 rings (SSSR count). The summed E-state index contributed by atoms with van der Waals surface area (Å²) in [7, 11) is 0. The molecule has 0 aliphatic carbocycles. The fourth-order valence-corrected chi connectivity index (χ4v) is 3.04. The average molecular weight is 366 g/mol. The molecule has 5 heteroatoms. The maximum atomic E-state index is 13.6. The summed E-state index contributed by atoms with van der Waals surface area (Å²) in [5.74, 6) is -1.13. The molecule has 0 N–H and O–H groups in total. The molecular formula is C14H9BrCl2F2. The van der Waals surface area contributed by atoms with Crippen LogP contribution in [0.4, 0.5) is 8.78 Å². The maximum absolute atomic E-state index is 13.6. The van der Waals surface area contributed by atoms with E-state index in [9.17, 15) is 8.78 Å². The smallest absolute Gasteiger partial charge is 0.129 e. The molecule has 0 heterocycles. The van der Waals surface area contributed by atoms with Crippen LogP contribution in [0.3, 0.4) is 0 Å². The predicted octanol–water partition coefficient (Wildman–Crippen LogP) is 5.95. The lowest BCUT2D eigenvalue weighted by molar-refractivity contribution is 0.554. The first kappa shape index (κ1) is 14.8. The van der Waals surface area contributed by atoms with E-state index >= 15 is 0 Å². The summed E-state index contributed by atoms with van der Waals surface area (Å²) in [6, 6.07) is 8.81. The molecule has 0 radical (unpaired) electrons. The number of hydrogen-bond acceptors (Lipinski definition) is 0. The predicted molar refractivity (Wildman–Crippen MR) is 78.2 cm³/mol. The van der Waals surface area contributed by atoms with Gasteiger partial charge in [-0.3, -0.25) is 0 Å². The van der Waals surface area contributed by atoms with Crippen molar-refractivity contribution in [1.82, 2.24) is 0 Å². The van der Waals surface area contributed by atoms with Crippen LogP contribution >= 0.6 is 39.1 Å². The third kappa shape index (κ3) is 3.47. The third-order valence-corrected chi connectivity index (χ3v) is 4.14. The summed E-state index contributed by atoms with van der Waals surface area (Å²) in [6.07, 6.45) is 0.151. The van der Waals surface area contributed by atoms with E-state index in [4.69, 9.17) is 23.2 Å². The molecule has 0 saturated carbocycles. The van der Waals surface area contributed by atoms with Crippen LogP contribution in [0.5, 0.6) is 0 Å². The Bertz CT molecular complexity index is 582. The van der Waals surface area contributed by atoms with E-state index in [0.717, 1.165) is 0 Å². The fourth-order valence-electron chi connectivity index (χ4n) is 1.77. The maximum Gasteiger partial charge on any atom is 0.129 e. The SMILES string of the molecule is Fc1cccc(F)c1CC(Br)c1cc(Cl)ccc1Cl. The van der Waals surface area contributed by atoms with Crippen molar-refractivity contribution in [3.8, 4) is 0 Å². The Hall–Kier alpha value is -0.640. The zero-order valence-corrected chi connectivity index (χ0v) is 12.7. The second-order valence-corrected chi connectivity index (χ2v) is 5.99. The molecule has 2 aromatic carbocycles. The van der Waals surface area contributed by atoms with Gasteiger partial charge in [0.2, 0.25) is 0 Å². The largest absolute Gasteiger partial charge is 0.207 e. The molecule has 2 aromatic rings. The third-order valence-electron chi connectivity index (χ3n) is 2.74. The van der Waals surface area contributed by atoms with Crippen LogP contribution in [0, 0.1) is 11.6 Å². The number of rotatable bonds is 3. The van der Waals surface area contributed by atoms with Crippen molar-refractivity contribution in [3.63, 3.8) is 0 Å². The van der Waals surface area contributed by atoms with E-state index in [2.05, 4.69) is 15.9 Å². The number of halogens is 5. The molecule has 0 bridgehead atoms. The monoisotopic (exact) mass is 364 g/mol. The van der Waals surface area contributed by atoms with Gasteiger partial charge in [-0.05, 0) is 42.3 Å². The number of alkyl halides is 1. The Balaban J connectivity index is 2.31. The van der Waals surface area contributed by atoms with Crippen LogP contribution in [-0.2, 0) is 6.42 Å². The summed E-state index contributed by atoms with van der Waals surface area (Å²) in [4.78, 5) is -0.315. The molecular weight excluding hydrogens is 357 g/mol. The van der Waals surface area contributed by atoms with Crippen molar-refractivity contribution < 1.29 is 8.78 Å². The fraction of sp³-hybridized carbons (Fsp3) is 0.143. The Labute approximate surface area is 128 Å². The summed E-state index contributed by atoms with van der Waals surface area (Å²) >= 11 is 15.4. The zero-order chi connectivity index (χ0) is 14.0. The molecule has 19 heavy (non-hydrogen) atoms. The van der Waals surface area contributed by atoms with Gasteiger partial charge in [0, 0.05) is 20.4 Å². The normalized spacial score (nSPS) is 12.5. The van der Waals surface area contributed by atoms with Gasteiger partial charge in [-0.25, -0.2) is 8.78 Å². The van der Waals surface area contributed by atoms with Gasteiger partial charge in [0.15, 0.2) is 0 Å². The molecule has 0 aliphatic heterocycles. The molecule has 1 unspecified atom stereocenters. The Morgan fingerprint density at radius 3 is 2.32 bits per heavy atom. The second kappa shape index (κ2) is 6.21. The molecule has 0 amide bonds. The Morgan fingerprint density at radius 1 is 1.05 bits per heavy atom. The standard InChI is InChI=1S/C14H9BrCl2F2/c15-11(9-6-8(16)4-5-12(9)17)7-10-13(18)2-1-3-14(10)19/h1-6,11H,7H2. The van der Waals surface area contributed by atoms with Crippen molar-refractivity contribution >= 4 is 39.1 Å². The first-order chi connectivity index (χ1) is 8.99. The average Bonchev–Trinajstić information content (AvgIpc) is 2.37. The van der Waals surface area contributed by atoms with Crippen LogP contribution in [0.25, 0.3) is 0 Å². The minimum atomic E-state index is -0.567. The highest BCUT2D eigenvalue weighted by atomic mass is 79.9. The van der Waals surface area contributed by atoms with Gasteiger partial charge in [0.1, 0.15) is 11.6 Å². The van der Waals surface area contributed by atoms with Crippen molar-refractivity contribution in [2.75, 3.05) is 0 Å². The van der Waals surface area contributed by atoms with Gasteiger partial charge in [-0.1, -0.05) is 45.2 Å². The van der Waals surface area contributed by atoms with Crippen LogP contribution in [-0.4, -0.2) is 0 Å². The Kier molecular flexibility index (Phi) is 4.82. The van der Waals surface area contributed by atoms with E-state index in [0.29, 0.717) is 15.6 Å². The van der Waals surface area contributed by atoms with Gasteiger partial charge >= 0.3 is 0 Å². The summed E-state index contributed by atoms with van der Waals surface area (Å²) in [5.41, 5.74) is 0.734. The van der Waals surface area contributed by atoms with E-state index < -0.39 is 11.6 Å². The molecule has 100 valence electrons. The van der Waals surface area contributed by atoms with Crippen LogP contribution < -0.4 is 0 Å². The summed E-state index contributed by atoms with van der Waals surface area (Å²) in [6.45, 7) is 0. The molecule has 0 aliphatic rings. The van der Waals surface area contributed by atoms with E-state index in [1.54, 1.807) is 18.2 Å². The van der Waals surface area contributed by atoms with E-state index in [-0.39, 0.29) is 16.8 Å². The number of benzene rings is 2. The quantitative estimate of drug-likeness (QED) is 0.589. The molecule has 0 nitrogen and oxygen atoms in total. The lowest BCUT2D eigenvalue weighted by Gasteiger charge is -2.13. The molecule has 0 spiro atoms. The topological polar surface area (TPSA) is 0 Å². The minimum Gasteiger partial charge on any atom is -0.207 e. The zero-order valence-electron chi connectivity index (χ0n) is 9.64. The van der Waals surface area contributed by atoms with Crippen molar-refractivity contribution in [1.29, 1.82) is 0 Å². The highest BCUT2D eigenvalue weighted by Crippen LogP contribution is 2.35. The van der Waals surface area contributed by atoms with Gasteiger partial charge in [0.25, 0.3) is 0 Å². The number of hydrogen-bond donors (Lipinski definition) is 0. The minimum absolute atomic E-state index is 0.0282. The van der Waals surface area contributed by atoms with Gasteiger partial charge < -0.3 is 0 Å². The highest BCUT2D eigenvalue weighted by molar-refractivity contribution is 9.09. The van der Waals surface area contributed by atoms with E-state index in [1.165, 1.54) is 18.2 Å². The van der Waals surface area contributed by atoms with E-state index in [1.807, 2.05) is 0 Å². The van der Waals surface area contributed by atoms with Crippen LogP contribution in [0.1, 0.15) is 16.0 Å². The van der Waals surface area contributed by atoms with Gasteiger partial charge in [0.05, 0.1) is 0 Å². The first-order valence-electron chi connectivity index (χ1n) is 5.51. The van der Waals surface area contributed by atoms with Crippen LogP contribution in [0.15, 0.2) is 36.4 Å². The summed E-state index contributed by atoms with van der Waals surface area (Å²) in [5, 5.41) is 1.03. The lowest BCUT2D eigenvalue weighted by atomic mass is 10.0. The lowest BCUT2D eigenvalue weighted by Crippen LogP contribution is -2.02.